The third-order valence-electron chi connectivity index (χ3n) is 4.61. The second-order valence-electron chi connectivity index (χ2n) is 7.08. The SMILES string of the molecule is Nc1nc(Cl)nc(Nc2ccc(S(=O)(=O)O)c(N=NC3C(=O)N(c4ccccc4Cl)N=C3C(=O)O)c2)n1. The van der Waals surface area contributed by atoms with E-state index in [9.17, 15) is 27.7 Å². The summed E-state index contributed by atoms with van der Waals surface area (Å²) < 4.78 is 33.4. The molecule has 1 aliphatic heterocycles. The molecule has 37 heavy (non-hydrogen) atoms. The molecular formula is C19H13Cl2N9O6S. The quantitative estimate of drug-likeness (QED) is 0.240. The maximum atomic E-state index is 13.0. The molecule has 0 saturated heterocycles. The zero-order valence-electron chi connectivity index (χ0n) is 18.0. The predicted octanol–water partition coefficient (Wildman–Crippen LogP) is 2.69. The number of anilines is 4. The van der Waals surface area contributed by atoms with E-state index in [1.165, 1.54) is 18.2 Å². The molecule has 15 nitrogen and oxygen atoms in total. The molecule has 190 valence electrons. The molecule has 2 aromatic carbocycles. The van der Waals surface area contributed by atoms with Crippen molar-refractivity contribution in [1.29, 1.82) is 0 Å². The summed E-state index contributed by atoms with van der Waals surface area (Å²) in [6.07, 6.45) is 0. The highest BCUT2D eigenvalue weighted by molar-refractivity contribution is 7.86. The highest BCUT2D eigenvalue weighted by Gasteiger charge is 2.41. The third kappa shape index (κ3) is 5.61. The predicted molar refractivity (Wildman–Crippen MR) is 131 cm³/mol. The van der Waals surface area contributed by atoms with Crippen molar-refractivity contribution in [2.75, 3.05) is 16.1 Å². The van der Waals surface area contributed by atoms with Crippen molar-refractivity contribution in [2.24, 2.45) is 15.3 Å². The van der Waals surface area contributed by atoms with Crippen molar-refractivity contribution in [3.63, 3.8) is 0 Å². The number of azo groups is 1. The van der Waals surface area contributed by atoms with E-state index in [1.807, 2.05) is 0 Å². The first-order valence-corrected chi connectivity index (χ1v) is 12.0. The van der Waals surface area contributed by atoms with Crippen LogP contribution in [0, 0.1) is 0 Å². The molecule has 1 atom stereocenters. The van der Waals surface area contributed by atoms with Gasteiger partial charge in [-0.05, 0) is 41.9 Å². The minimum Gasteiger partial charge on any atom is -0.477 e. The lowest BCUT2D eigenvalue weighted by molar-refractivity contribution is -0.130. The van der Waals surface area contributed by atoms with Gasteiger partial charge in [-0.3, -0.25) is 9.35 Å². The average molecular weight is 566 g/mol. The Kier molecular flexibility index (Phi) is 6.99. The van der Waals surface area contributed by atoms with Gasteiger partial charge in [0.1, 0.15) is 10.6 Å². The number of hydrogen-bond donors (Lipinski definition) is 4. The van der Waals surface area contributed by atoms with Crippen molar-refractivity contribution in [2.45, 2.75) is 10.9 Å². The molecule has 5 N–H and O–H groups in total. The van der Waals surface area contributed by atoms with E-state index in [2.05, 4.69) is 35.6 Å². The van der Waals surface area contributed by atoms with E-state index >= 15 is 0 Å². The topological polar surface area (TPSA) is 226 Å². The number of carbonyl (C=O) groups is 2. The summed E-state index contributed by atoms with van der Waals surface area (Å²) in [5.74, 6) is -2.77. The van der Waals surface area contributed by atoms with Gasteiger partial charge in [-0.25, -0.2) is 4.79 Å². The lowest BCUT2D eigenvalue weighted by Crippen LogP contribution is -2.33. The van der Waals surface area contributed by atoms with Crippen LogP contribution in [0.1, 0.15) is 0 Å². The van der Waals surface area contributed by atoms with E-state index in [4.69, 9.17) is 28.9 Å². The van der Waals surface area contributed by atoms with Crippen molar-refractivity contribution >= 4 is 79.9 Å². The van der Waals surface area contributed by atoms with Crippen LogP contribution in [-0.2, 0) is 19.7 Å². The number of aliphatic carboxylic acids is 1. The van der Waals surface area contributed by atoms with Gasteiger partial charge in [0, 0.05) is 5.69 Å². The number of amides is 1. The van der Waals surface area contributed by atoms with Crippen LogP contribution in [0.4, 0.5) is 29.0 Å². The number of halogens is 2. The zero-order chi connectivity index (χ0) is 26.9. The fourth-order valence-corrected chi connectivity index (χ4v) is 4.05. The Morgan fingerprint density at radius 1 is 1.14 bits per heavy atom. The number of para-hydroxylation sites is 1. The second kappa shape index (κ2) is 10.0. The fraction of sp³-hybridized carbons (Fsp3) is 0.0526. The van der Waals surface area contributed by atoms with Crippen LogP contribution in [-0.4, -0.2) is 56.7 Å². The molecule has 0 bridgehead atoms. The number of rotatable bonds is 7. The number of nitrogen functional groups attached to an aromatic ring is 1. The number of carboxylic acid groups (broad SMARTS) is 1. The molecule has 2 heterocycles. The van der Waals surface area contributed by atoms with Gasteiger partial charge in [0.05, 0.1) is 10.7 Å². The summed E-state index contributed by atoms with van der Waals surface area (Å²) in [6, 6.07) is 7.65. The number of benzene rings is 2. The molecule has 0 spiro atoms. The normalized spacial score (nSPS) is 15.8. The first-order valence-electron chi connectivity index (χ1n) is 9.81. The molecule has 1 amide bonds. The molecule has 0 fully saturated rings. The third-order valence-corrected chi connectivity index (χ3v) is 6.00. The number of nitrogens with zero attached hydrogens (tertiary/aromatic N) is 7. The van der Waals surface area contributed by atoms with Gasteiger partial charge in [0.25, 0.3) is 16.0 Å². The van der Waals surface area contributed by atoms with Crippen LogP contribution in [0.5, 0.6) is 0 Å². The Balaban J connectivity index is 1.71. The van der Waals surface area contributed by atoms with E-state index in [0.717, 1.165) is 17.1 Å². The van der Waals surface area contributed by atoms with E-state index < -0.39 is 44.3 Å². The number of nitrogens with two attached hydrogens (primary N) is 1. The molecule has 0 aliphatic carbocycles. The Morgan fingerprint density at radius 2 is 1.86 bits per heavy atom. The Bertz CT molecular complexity index is 1580. The standard InChI is InChI=1S/C19H13Cl2N9O6S/c20-9-3-1-2-4-11(9)30-15(31)13(14(29-30)16(32)33)28-27-10-7-8(5-6-12(10)37(34,35)36)23-19-25-17(21)24-18(22)26-19/h1-7,13H,(H,32,33)(H,34,35,36)(H3,22,23,24,25,26). The minimum absolute atomic E-state index is 0.0957. The number of carboxylic acids is 1. The van der Waals surface area contributed by atoms with E-state index in [-0.39, 0.29) is 33.6 Å². The molecule has 18 heteroatoms. The number of aromatic nitrogens is 3. The van der Waals surface area contributed by atoms with Gasteiger partial charge in [-0.15, -0.1) is 0 Å². The largest absolute Gasteiger partial charge is 0.477 e. The Hall–Kier alpha value is -4.25. The van der Waals surface area contributed by atoms with Crippen molar-refractivity contribution in [3.05, 3.63) is 52.8 Å². The number of hydrogen-bond acceptors (Lipinski definition) is 12. The molecular weight excluding hydrogens is 553 g/mol. The first-order chi connectivity index (χ1) is 17.4. The Morgan fingerprint density at radius 3 is 2.51 bits per heavy atom. The zero-order valence-corrected chi connectivity index (χ0v) is 20.3. The summed E-state index contributed by atoms with van der Waals surface area (Å²) >= 11 is 11.8. The number of nitrogens with one attached hydrogen (secondary N) is 1. The maximum absolute atomic E-state index is 13.0. The summed E-state index contributed by atoms with van der Waals surface area (Å²) in [7, 11) is -4.81. The van der Waals surface area contributed by atoms with Gasteiger partial charge >= 0.3 is 5.97 Å². The monoisotopic (exact) mass is 565 g/mol. The van der Waals surface area contributed by atoms with Crippen molar-refractivity contribution in [1.82, 2.24) is 15.0 Å². The van der Waals surface area contributed by atoms with E-state index in [0.29, 0.717) is 0 Å². The van der Waals surface area contributed by atoms with Crippen LogP contribution in [0.2, 0.25) is 10.3 Å². The summed E-state index contributed by atoms with van der Waals surface area (Å²) in [5, 5.41) is 24.1. The lowest BCUT2D eigenvalue weighted by Gasteiger charge is -2.13. The molecule has 3 aromatic rings. The number of carbonyl (C=O) groups excluding carboxylic acids is 1. The molecule has 1 aliphatic rings. The fourth-order valence-electron chi connectivity index (χ4n) is 3.07. The van der Waals surface area contributed by atoms with Crippen molar-refractivity contribution < 1.29 is 27.7 Å². The first kappa shape index (κ1) is 25.8. The maximum Gasteiger partial charge on any atom is 0.355 e. The molecule has 1 aromatic heterocycles. The van der Waals surface area contributed by atoms with Gasteiger partial charge in [0.2, 0.25) is 23.2 Å². The summed E-state index contributed by atoms with van der Waals surface area (Å²) in [6.45, 7) is 0. The summed E-state index contributed by atoms with van der Waals surface area (Å²) in [5.41, 5.74) is 4.63. The highest BCUT2D eigenvalue weighted by atomic mass is 35.5. The number of hydrazone groups is 1. The van der Waals surface area contributed by atoms with Crippen LogP contribution >= 0.6 is 23.2 Å². The van der Waals surface area contributed by atoms with Crippen LogP contribution < -0.4 is 16.1 Å². The second-order valence-corrected chi connectivity index (χ2v) is 9.21. The van der Waals surface area contributed by atoms with Gasteiger partial charge in [0.15, 0.2) is 5.71 Å². The van der Waals surface area contributed by atoms with E-state index in [1.54, 1.807) is 12.1 Å². The average Bonchev–Trinajstić information content (AvgIpc) is 3.13. The highest BCUT2D eigenvalue weighted by Crippen LogP contribution is 2.32. The Labute approximate surface area is 217 Å². The van der Waals surface area contributed by atoms with Crippen LogP contribution in [0.3, 0.4) is 0 Å². The van der Waals surface area contributed by atoms with Crippen molar-refractivity contribution in [3.8, 4) is 0 Å². The van der Waals surface area contributed by atoms with Gasteiger partial charge < -0.3 is 16.2 Å². The van der Waals surface area contributed by atoms with Gasteiger partial charge in [-0.1, -0.05) is 23.7 Å². The lowest BCUT2D eigenvalue weighted by atomic mass is 10.2. The molecule has 0 radical (unpaired) electrons. The molecule has 0 saturated carbocycles. The molecule has 4 rings (SSSR count). The minimum atomic E-state index is -4.81. The van der Waals surface area contributed by atoms with Crippen LogP contribution in [0.15, 0.2) is 62.7 Å². The summed E-state index contributed by atoms with van der Waals surface area (Å²) in [4.78, 5) is 35.2. The molecule has 1 unspecified atom stereocenters. The van der Waals surface area contributed by atoms with Crippen LogP contribution in [0.25, 0.3) is 0 Å². The van der Waals surface area contributed by atoms with Gasteiger partial charge in [-0.2, -0.15) is 43.7 Å². The smallest absolute Gasteiger partial charge is 0.355 e.